The molecule has 2 amide bonds. The number of hydrogen-bond donors (Lipinski definition) is 2. The van der Waals surface area contributed by atoms with Gasteiger partial charge in [-0.1, -0.05) is 0 Å². The molecule has 76 valence electrons. The highest BCUT2D eigenvalue weighted by Crippen LogP contribution is 2.12. The Balaban J connectivity index is 2.65. The van der Waals surface area contributed by atoms with Crippen LogP contribution in [-0.2, 0) is 4.79 Å². The first-order valence-electron chi connectivity index (χ1n) is 4.14. The Kier molecular flexibility index (Phi) is 2.91. The van der Waals surface area contributed by atoms with Crippen LogP contribution in [0.15, 0.2) is 10.5 Å². The fraction of sp³-hybridized carbons (Fsp3) is 0.333. The Labute approximate surface area is 81.3 Å². The molecule has 0 spiro atoms. The van der Waals surface area contributed by atoms with E-state index in [-0.39, 0.29) is 12.3 Å². The van der Waals surface area contributed by atoms with Crippen LogP contribution in [-0.4, -0.2) is 18.4 Å². The lowest BCUT2D eigenvalue weighted by molar-refractivity contribution is -0.117. The molecule has 0 fully saturated rings. The maximum Gasteiger partial charge on any atom is 0.287 e. The third-order valence-corrected chi connectivity index (χ3v) is 1.81. The van der Waals surface area contributed by atoms with Crippen molar-refractivity contribution in [2.45, 2.75) is 13.8 Å². The van der Waals surface area contributed by atoms with Crippen LogP contribution in [0.25, 0.3) is 0 Å². The molecule has 5 heteroatoms. The van der Waals surface area contributed by atoms with Crippen molar-refractivity contribution >= 4 is 11.8 Å². The second-order valence-electron chi connectivity index (χ2n) is 3.00. The van der Waals surface area contributed by atoms with E-state index in [1.165, 1.54) is 0 Å². The van der Waals surface area contributed by atoms with Gasteiger partial charge in [0.2, 0.25) is 5.91 Å². The van der Waals surface area contributed by atoms with Crippen molar-refractivity contribution in [1.82, 2.24) is 5.32 Å². The van der Waals surface area contributed by atoms with Gasteiger partial charge in [0.1, 0.15) is 5.76 Å². The highest BCUT2D eigenvalue weighted by molar-refractivity contribution is 5.94. The monoisotopic (exact) mass is 196 g/mol. The maximum atomic E-state index is 11.3. The number of furan rings is 1. The minimum absolute atomic E-state index is 0.183. The van der Waals surface area contributed by atoms with Crippen LogP contribution in [0.5, 0.6) is 0 Å². The number of carbonyl (C=O) groups excluding carboxylic acids is 2. The summed E-state index contributed by atoms with van der Waals surface area (Å²) in [7, 11) is 0. The predicted molar refractivity (Wildman–Crippen MR) is 49.7 cm³/mol. The van der Waals surface area contributed by atoms with Crippen molar-refractivity contribution in [1.29, 1.82) is 0 Å². The van der Waals surface area contributed by atoms with Gasteiger partial charge in [0.15, 0.2) is 5.76 Å². The van der Waals surface area contributed by atoms with E-state index in [0.717, 1.165) is 5.56 Å². The maximum absolute atomic E-state index is 11.3. The third kappa shape index (κ3) is 2.35. The number of nitrogens with one attached hydrogen (secondary N) is 1. The molecule has 0 radical (unpaired) electrons. The number of aryl methyl sites for hydroxylation is 2. The highest BCUT2D eigenvalue weighted by atomic mass is 16.3. The van der Waals surface area contributed by atoms with E-state index in [4.69, 9.17) is 10.2 Å². The molecule has 0 aliphatic heterocycles. The van der Waals surface area contributed by atoms with Gasteiger partial charge in [-0.2, -0.15) is 0 Å². The van der Waals surface area contributed by atoms with E-state index in [0.29, 0.717) is 5.76 Å². The zero-order valence-electron chi connectivity index (χ0n) is 8.09. The summed E-state index contributed by atoms with van der Waals surface area (Å²) >= 11 is 0. The number of hydrogen-bond acceptors (Lipinski definition) is 3. The molecule has 0 atom stereocenters. The average Bonchev–Trinajstić information content (AvgIpc) is 2.43. The standard InChI is InChI=1S/C9H12N2O3/c1-5-3-7(14-6(5)2)9(13)11-4-8(10)12/h3H,4H2,1-2H3,(H2,10,12)(H,11,13). The lowest BCUT2D eigenvalue weighted by atomic mass is 10.3. The highest BCUT2D eigenvalue weighted by Gasteiger charge is 2.12. The van der Waals surface area contributed by atoms with E-state index < -0.39 is 11.8 Å². The summed E-state index contributed by atoms with van der Waals surface area (Å²) in [5.41, 5.74) is 5.77. The number of primary amides is 1. The van der Waals surface area contributed by atoms with Crippen molar-refractivity contribution in [3.8, 4) is 0 Å². The molecule has 1 aromatic heterocycles. The largest absolute Gasteiger partial charge is 0.456 e. The minimum atomic E-state index is -0.585. The smallest absolute Gasteiger partial charge is 0.287 e. The summed E-state index contributed by atoms with van der Waals surface area (Å²) in [5.74, 6) is -0.131. The molecule has 0 aliphatic rings. The van der Waals surface area contributed by atoms with E-state index in [1.54, 1.807) is 13.0 Å². The van der Waals surface area contributed by atoms with Crippen LogP contribution in [0.1, 0.15) is 21.9 Å². The summed E-state index contributed by atoms with van der Waals surface area (Å²) in [6, 6.07) is 1.62. The van der Waals surface area contributed by atoms with Crippen molar-refractivity contribution < 1.29 is 14.0 Å². The van der Waals surface area contributed by atoms with Crippen molar-refractivity contribution in [2.75, 3.05) is 6.54 Å². The van der Waals surface area contributed by atoms with E-state index in [1.807, 2.05) is 6.92 Å². The molecule has 14 heavy (non-hydrogen) atoms. The lowest BCUT2D eigenvalue weighted by Crippen LogP contribution is -2.33. The number of amides is 2. The van der Waals surface area contributed by atoms with Gasteiger partial charge in [-0.15, -0.1) is 0 Å². The Hall–Kier alpha value is -1.78. The average molecular weight is 196 g/mol. The van der Waals surface area contributed by atoms with Crippen LogP contribution in [0, 0.1) is 13.8 Å². The first-order valence-corrected chi connectivity index (χ1v) is 4.14. The molecule has 0 saturated heterocycles. The van der Waals surface area contributed by atoms with Gasteiger partial charge >= 0.3 is 0 Å². The van der Waals surface area contributed by atoms with Crippen molar-refractivity contribution in [2.24, 2.45) is 5.73 Å². The molecular formula is C9H12N2O3. The van der Waals surface area contributed by atoms with Crippen LogP contribution < -0.4 is 11.1 Å². The molecule has 1 aromatic rings. The second-order valence-corrected chi connectivity index (χ2v) is 3.00. The number of carbonyl (C=O) groups is 2. The zero-order chi connectivity index (χ0) is 10.7. The molecule has 1 rings (SSSR count). The van der Waals surface area contributed by atoms with E-state index >= 15 is 0 Å². The fourth-order valence-corrected chi connectivity index (χ4v) is 0.940. The first-order chi connectivity index (χ1) is 6.50. The second kappa shape index (κ2) is 3.95. The molecule has 0 bridgehead atoms. The van der Waals surface area contributed by atoms with E-state index in [9.17, 15) is 9.59 Å². The molecule has 5 nitrogen and oxygen atoms in total. The van der Waals surface area contributed by atoms with Crippen molar-refractivity contribution in [3.05, 3.63) is 23.2 Å². The van der Waals surface area contributed by atoms with Crippen LogP contribution >= 0.6 is 0 Å². The normalized spacial score (nSPS) is 9.86. The number of nitrogens with two attached hydrogens (primary N) is 1. The lowest BCUT2D eigenvalue weighted by Gasteiger charge is -1.98. The van der Waals surface area contributed by atoms with Gasteiger partial charge in [0, 0.05) is 0 Å². The van der Waals surface area contributed by atoms with Gasteiger partial charge in [0.05, 0.1) is 6.54 Å². The molecule has 0 saturated carbocycles. The minimum Gasteiger partial charge on any atom is -0.456 e. The molecule has 0 aromatic carbocycles. The summed E-state index contributed by atoms with van der Waals surface area (Å²) < 4.78 is 5.14. The summed E-state index contributed by atoms with van der Waals surface area (Å²) in [4.78, 5) is 21.7. The van der Waals surface area contributed by atoms with Gasteiger partial charge in [0.25, 0.3) is 5.91 Å². The van der Waals surface area contributed by atoms with Gasteiger partial charge < -0.3 is 15.5 Å². The molecule has 0 unspecified atom stereocenters. The fourth-order valence-electron chi connectivity index (χ4n) is 0.940. The predicted octanol–water partition coefficient (Wildman–Crippen LogP) is 0.112. The van der Waals surface area contributed by atoms with Crippen LogP contribution in [0.2, 0.25) is 0 Å². The Morgan fingerprint density at radius 3 is 2.57 bits per heavy atom. The molecule has 3 N–H and O–H groups in total. The Bertz CT molecular complexity index is 349. The molecule has 1 heterocycles. The first kappa shape index (κ1) is 10.3. The Morgan fingerprint density at radius 2 is 2.14 bits per heavy atom. The summed E-state index contributed by atoms with van der Waals surface area (Å²) in [6.45, 7) is 3.42. The summed E-state index contributed by atoms with van der Waals surface area (Å²) in [6.07, 6.45) is 0. The SMILES string of the molecule is Cc1cc(C(=O)NCC(N)=O)oc1C. The van der Waals surface area contributed by atoms with E-state index in [2.05, 4.69) is 5.32 Å². The molecular weight excluding hydrogens is 184 g/mol. The zero-order valence-corrected chi connectivity index (χ0v) is 8.09. The topological polar surface area (TPSA) is 85.3 Å². The molecule has 0 aliphatic carbocycles. The third-order valence-electron chi connectivity index (χ3n) is 1.81. The Morgan fingerprint density at radius 1 is 1.50 bits per heavy atom. The van der Waals surface area contributed by atoms with Gasteiger partial charge in [-0.05, 0) is 25.5 Å². The summed E-state index contributed by atoms with van der Waals surface area (Å²) in [5, 5.41) is 2.33. The number of rotatable bonds is 3. The quantitative estimate of drug-likeness (QED) is 0.719. The van der Waals surface area contributed by atoms with Gasteiger partial charge in [-0.25, -0.2) is 0 Å². The van der Waals surface area contributed by atoms with Gasteiger partial charge in [-0.3, -0.25) is 9.59 Å². The van der Waals surface area contributed by atoms with Crippen molar-refractivity contribution in [3.63, 3.8) is 0 Å². The van der Waals surface area contributed by atoms with Crippen LogP contribution in [0.4, 0.5) is 0 Å². The van der Waals surface area contributed by atoms with Crippen LogP contribution in [0.3, 0.4) is 0 Å².